The van der Waals surface area contributed by atoms with Gasteiger partial charge in [0.2, 0.25) is 0 Å². The fraction of sp³-hybridized carbons (Fsp3) is 0.0588. The molecule has 0 saturated carbocycles. The van der Waals surface area contributed by atoms with E-state index in [1.54, 1.807) is 18.2 Å². The largest absolute Gasteiger partial charge is 0.508 e. The smallest absolute Gasteiger partial charge is 0.115 e. The van der Waals surface area contributed by atoms with Crippen molar-refractivity contribution in [2.75, 3.05) is 0 Å². The average molecular weight is 285 g/mol. The molecule has 0 spiro atoms. The quantitative estimate of drug-likeness (QED) is 0.734. The van der Waals surface area contributed by atoms with Crippen molar-refractivity contribution in [3.05, 3.63) is 65.2 Å². The molecule has 3 rings (SSSR count). The molecule has 0 aliphatic carbocycles. The summed E-state index contributed by atoms with van der Waals surface area (Å²) in [6.07, 6.45) is 0. The number of phenolic OH excluding ortho intramolecular Hbond substituents is 1. The van der Waals surface area contributed by atoms with Crippen molar-refractivity contribution in [2.24, 2.45) is 0 Å². The van der Waals surface area contributed by atoms with Crippen LogP contribution < -0.4 is 0 Å². The zero-order chi connectivity index (χ0) is 14.1. The third-order valence-corrected chi connectivity index (χ3v) is 3.71. The van der Waals surface area contributed by atoms with E-state index in [4.69, 9.17) is 11.6 Å². The summed E-state index contributed by atoms with van der Waals surface area (Å²) >= 11 is 6.39. The highest BCUT2D eigenvalue weighted by atomic mass is 35.5. The second-order valence-corrected chi connectivity index (χ2v) is 5.05. The maximum atomic E-state index is 9.47. The van der Waals surface area contributed by atoms with Crippen LogP contribution >= 0.6 is 11.6 Å². The van der Waals surface area contributed by atoms with Gasteiger partial charge in [0.1, 0.15) is 5.75 Å². The summed E-state index contributed by atoms with van der Waals surface area (Å²) in [6.45, 7) is -0.0455. The molecule has 0 heterocycles. The van der Waals surface area contributed by atoms with E-state index in [-0.39, 0.29) is 12.4 Å². The van der Waals surface area contributed by atoms with Crippen LogP contribution in [0.1, 0.15) is 5.56 Å². The number of hydrogen-bond acceptors (Lipinski definition) is 2. The van der Waals surface area contributed by atoms with Crippen LogP contribution in [0.15, 0.2) is 54.6 Å². The lowest BCUT2D eigenvalue weighted by Crippen LogP contribution is -1.90. The van der Waals surface area contributed by atoms with Crippen LogP contribution in [-0.4, -0.2) is 10.2 Å². The molecule has 3 heteroatoms. The van der Waals surface area contributed by atoms with Gasteiger partial charge in [0.05, 0.1) is 6.61 Å². The number of aliphatic hydroxyl groups excluding tert-OH is 1. The minimum absolute atomic E-state index is 0.0455. The van der Waals surface area contributed by atoms with Gasteiger partial charge in [0, 0.05) is 10.6 Å². The van der Waals surface area contributed by atoms with Crippen molar-refractivity contribution in [3.63, 3.8) is 0 Å². The van der Waals surface area contributed by atoms with Gasteiger partial charge in [-0.25, -0.2) is 0 Å². The molecule has 3 aromatic carbocycles. The lowest BCUT2D eigenvalue weighted by atomic mass is 9.95. The second kappa shape index (κ2) is 5.16. The molecule has 0 bridgehead atoms. The van der Waals surface area contributed by atoms with Crippen LogP contribution in [0.3, 0.4) is 0 Å². The van der Waals surface area contributed by atoms with Gasteiger partial charge in [-0.15, -0.1) is 0 Å². The number of benzene rings is 3. The van der Waals surface area contributed by atoms with Crippen LogP contribution in [0.25, 0.3) is 21.9 Å². The Labute approximate surface area is 121 Å². The van der Waals surface area contributed by atoms with Gasteiger partial charge < -0.3 is 10.2 Å². The lowest BCUT2D eigenvalue weighted by Gasteiger charge is -2.13. The third-order valence-electron chi connectivity index (χ3n) is 3.41. The minimum Gasteiger partial charge on any atom is -0.508 e. The predicted octanol–water partition coefficient (Wildman–Crippen LogP) is 4.36. The standard InChI is InChI=1S/C17H13ClO2/c18-16-9-12(10-19)14-3-1-2-4-15(14)17(16)11-5-7-13(20)8-6-11/h1-9,19-20H,10H2. The van der Waals surface area contributed by atoms with Gasteiger partial charge in [0.25, 0.3) is 0 Å². The highest BCUT2D eigenvalue weighted by Gasteiger charge is 2.12. The summed E-state index contributed by atoms with van der Waals surface area (Å²) in [6, 6.07) is 16.6. The molecule has 0 aliphatic rings. The van der Waals surface area contributed by atoms with Crippen LogP contribution in [-0.2, 0) is 6.61 Å². The van der Waals surface area contributed by atoms with E-state index in [1.165, 1.54) is 0 Å². The van der Waals surface area contributed by atoms with Crippen molar-refractivity contribution in [2.45, 2.75) is 6.61 Å². The zero-order valence-corrected chi connectivity index (χ0v) is 11.4. The van der Waals surface area contributed by atoms with Gasteiger partial charge in [-0.2, -0.15) is 0 Å². The normalized spacial score (nSPS) is 10.9. The summed E-state index contributed by atoms with van der Waals surface area (Å²) in [7, 11) is 0. The molecule has 100 valence electrons. The van der Waals surface area contributed by atoms with E-state index in [9.17, 15) is 10.2 Å². The number of rotatable bonds is 2. The molecular weight excluding hydrogens is 272 g/mol. The van der Waals surface area contributed by atoms with Crippen molar-refractivity contribution in [1.29, 1.82) is 0 Å². The number of aromatic hydroxyl groups is 1. The van der Waals surface area contributed by atoms with Crippen molar-refractivity contribution >= 4 is 22.4 Å². The SMILES string of the molecule is OCc1cc(Cl)c(-c2ccc(O)cc2)c2ccccc12. The maximum absolute atomic E-state index is 9.47. The minimum atomic E-state index is -0.0455. The lowest BCUT2D eigenvalue weighted by molar-refractivity contribution is 0.283. The first-order chi connectivity index (χ1) is 9.70. The van der Waals surface area contributed by atoms with Gasteiger partial charge in [-0.05, 0) is 40.1 Å². The highest BCUT2D eigenvalue weighted by molar-refractivity contribution is 6.35. The first kappa shape index (κ1) is 13.0. The molecule has 3 aromatic rings. The van der Waals surface area contributed by atoms with Gasteiger partial charge in [-0.1, -0.05) is 48.0 Å². The molecule has 0 atom stereocenters. The Morgan fingerprint density at radius 3 is 2.20 bits per heavy atom. The molecule has 0 amide bonds. The summed E-state index contributed by atoms with van der Waals surface area (Å²) in [4.78, 5) is 0. The molecule has 20 heavy (non-hydrogen) atoms. The van der Waals surface area contributed by atoms with Crippen molar-refractivity contribution < 1.29 is 10.2 Å². The van der Waals surface area contributed by atoms with Gasteiger partial charge in [-0.3, -0.25) is 0 Å². The topological polar surface area (TPSA) is 40.5 Å². The molecular formula is C17H13ClO2. The Hall–Kier alpha value is -2.03. The van der Waals surface area contributed by atoms with E-state index in [0.717, 1.165) is 27.5 Å². The number of phenols is 1. The molecule has 2 nitrogen and oxygen atoms in total. The summed E-state index contributed by atoms with van der Waals surface area (Å²) in [5.74, 6) is 0.223. The Bertz CT molecular complexity index is 764. The fourth-order valence-corrected chi connectivity index (χ4v) is 2.81. The monoisotopic (exact) mass is 284 g/mol. The second-order valence-electron chi connectivity index (χ2n) is 4.64. The first-order valence-corrected chi connectivity index (χ1v) is 6.69. The van der Waals surface area contributed by atoms with E-state index >= 15 is 0 Å². The van der Waals surface area contributed by atoms with Crippen molar-refractivity contribution in [3.8, 4) is 16.9 Å². The Kier molecular flexibility index (Phi) is 3.35. The fourth-order valence-electron chi connectivity index (χ4n) is 2.46. The summed E-state index contributed by atoms with van der Waals surface area (Å²) < 4.78 is 0. The van der Waals surface area contributed by atoms with Crippen LogP contribution in [0.4, 0.5) is 0 Å². The number of fused-ring (bicyclic) bond motifs is 1. The van der Waals surface area contributed by atoms with Gasteiger partial charge >= 0.3 is 0 Å². The maximum Gasteiger partial charge on any atom is 0.115 e. The zero-order valence-electron chi connectivity index (χ0n) is 10.7. The Balaban J connectivity index is 2.35. The molecule has 0 unspecified atom stereocenters. The van der Waals surface area contributed by atoms with Crippen LogP contribution in [0, 0.1) is 0 Å². The van der Waals surface area contributed by atoms with E-state index < -0.39 is 0 Å². The Morgan fingerprint density at radius 2 is 1.55 bits per heavy atom. The van der Waals surface area contributed by atoms with Crippen LogP contribution in [0.5, 0.6) is 5.75 Å². The molecule has 0 radical (unpaired) electrons. The number of halogens is 1. The Morgan fingerprint density at radius 1 is 0.900 bits per heavy atom. The highest BCUT2D eigenvalue weighted by Crippen LogP contribution is 2.37. The third kappa shape index (κ3) is 2.13. The van der Waals surface area contributed by atoms with E-state index in [2.05, 4.69) is 0 Å². The average Bonchev–Trinajstić information content (AvgIpc) is 2.48. The molecule has 0 saturated heterocycles. The summed E-state index contributed by atoms with van der Waals surface area (Å²) in [5, 5.41) is 21.4. The molecule has 0 fully saturated rings. The van der Waals surface area contributed by atoms with E-state index in [1.807, 2.05) is 36.4 Å². The molecule has 0 aromatic heterocycles. The molecule has 2 N–H and O–H groups in total. The van der Waals surface area contributed by atoms with Crippen molar-refractivity contribution in [1.82, 2.24) is 0 Å². The predicted molar refractivity (Wildman–Crippen MR) is 82.0 cm³/mol. The van der Waals surface area contributed by atoms with Gasteiger partial charge in [0.15, 0.2) is 0 Å². The first-order valence-electron chi connectivity index (χ1n) is 6.31. The van der Waals surface area contributed by atoms with E-state index in [0.29, 0.717) is 5.02 Å². The number of aliphatic hydroxyl groups is 1. The summed E-state index contributed by atoms with van der Waals surface area (Å²) in [5.41, 5.74) is 2.67. The number of hydrogen-bond donors (Lipinski definition) is 2. The van der Waals surface area contributed by atoms with Crippen LogP contribution in [0.2, 0.25) is 5.02 Å². The molecule has 0 aliphatic heterocycles.